The molecule has 6 nitrogen and oxygen atoms in total. The Balaban J connectivity index is 2.07. The molecule has 1 aromatic carbocycles. The first-order valence-electron chi connectivity index (χ1n) is 8.01. The average Bonchev–Trinajstić information content (AvgIpc) is 3.14. The van der Waals surface area contributed by atoms with Gasteiger partial charge in [0.1, 0.15) is 16.5 Å². The third-order valence-electron chi connectivity index (χ3n) is 3.68. The highest BCUT2D eigenvalue weighted by Crippen LogP contribution is 2.34. The number of nitrogens with zero attached hydrogens (tertiary/aromatic N) is 1. The van der Waals surface area contributed by atoms with Crippen LogP contribution < -0.4 is 9.47 Å². The van der Waals surface area contributed by atoms with Crippen LogP contribution in [-0.2, 0) is 9.47 Å². The predicted octanol–water partition coefficient (Wildman–Crippen LogP) is 3.80. The van der Waals surface area contributed by atoms with Gasteiger partial charge in [0.05, 0.1) is 26.5 Å². The van der Waals surface area contributed by atoms with Gasteiger partial charge < -0.3 is 18.9 Å². The monoisotopic (exact) mass is 365 g/mol. The average molecular weight is 365 g/mol. The van der Waals surface area contributed by atoms with Crippen LogP contribution in [0.2, 0.25) is 0 Å². The van der Waals surface area contributed by atoms with Gasteiger partial charge in [-0.2, -0.15) is 0 Å². The zero-order chi connectivity index (χ0) is 18.2. The Labute approximate surface area is 151 Å². The zero-order valence-electron chi connectivity index (χ0n) is 14.9. The van der Waals surface area contributed by atoms with E-state index < -0.39 is 0 Å². The molecule has 1 aromatic heterocycles. The number of rotatable bonds is 9. The third-order valence-corrected chi connectivity index (χ3v) is 4.71. The molecule has 0 aliphatic heterocycles. The smallest absolute Gasteiger partial charge is 0.350 e. The minimum absolute atomic E-state index is 0.0767. The van der Waals surface area contributed by atoms with Crippen LogP contribution in [-0.4, -0.2) is 45.0 Å². The molecule has 0 amide bonds. The molecule has 1 atom stereocenters. The molecule has 136 valence electrons. The highest BCUT2D eigenvalue weighted by molar-refractivity contribution is 7.16. The van der Waals surface area contributed by atoms with E-state index in [-0.39, 0.29) is 18.7 Å². The van der Waals surface area contributed by atoms with Crippen LogP contribution in [0.3, 0.4) is 0 Å². The lowest BCUT2D eigenvalue weighted by atomic mass is 10.2. The maximum atomic E-state index is 12.2. The molecular formula is C18H23NO5S. The van der Waals surface area contributed by atoms with E-state index in [1.54, 1.807) is 21.3 Å². The van der Waals surface area contributed by atoms with Crippen LogP contribution in [0.25, 0.3) is 10.6 Å². The van der Waals surface area contributed by atoms with Crippen LogP contribution in [0.15, 0.2) is 24.4 Å². The van der Waals surface area contributed by atoms with Crippen molar-refractivity contribution in [2.45, 2.75) is 25.9 Å². The summed E-state index contributed by atoms with van der Waals surface area (Å²) < 4.78 is 21.1. The molecule has 0 aliphatic carbocycles. The van der Waals surface area contributed by atoms with Crippen molar-refractivity contribution >= 4 is 17.3 Å². The van der Waals surface area contributed by atoms with Gasteiger partial charge in [0.15, 0.2) is 11.5 Å². The van der Waals surface area contributed by atoms with Crippen molar-refractivity contribution in [2.75, 3.05) is 27.9 Å². The van der Waals surface area contributed by atoms with Crippen LogP contribution in [0.1, 0.15) is 29.4 Å². The molecule has 0 saturated heterocycles. The number of carbonyl (C=O) groups excluding carboxylic acids is 1. The second kappa shape index (κ2) is 9.39. The molecule has 0 bridgehead atoms. The van der Waals surface area contributed by atoms with E-state index in [0.717, 1.165) is 18.4 Å². The van der Waals surface area contributed by atoms with Gasteiger partial charge in [-0.15, -0.1) is 11.3 Å². The molecule has 1 unspecified atom stereocenters. The minimum Gasteiger partial charge on any atom is -0.493 e. The van der Waals surface area contributed by atoms with Crippen LogP contribution in [0.5, 0.6) is 11.5 Å². The summed E-state index contributed by atoms with van der Waals surface area (Å²) in [6.45, 7) is 2.30. The van der Waals surface area contributed by atoms with Gasteiger partial charge in [0.25, 0.3) is 0 Å². The SMILES string of the molecule is CCCC(COC(=O)c1cnc(-c2ccc(OC)c(OC)c2)s1)OC. The molecule has 0 saturated carbocycles. The summed E-state index contributed by atoms with van der Waals surface area (Å²) in [5.74, 6) is 0.869. The lowest BCUT2D eigenvalue weighted by Crippen LogP contribution is -2.20. The first-order chi connectivity index (χ1) is 12.1. The zero-order valence-corrected chi connectivity index (χ0v) is 15.7. The van der Waals surface area contributed by atoms with Gasteiger partial charge in [-0.05, 0) is 24.6 Å². The van der Waals surface area contributed by atoms with Crippen molar-refractivity contribution in [3.63, 3.8) is 0 Å². The van der Waals surface area contributed by atoms with Crippen LogP contribution in [0.4, 0.5) is 0 Å². The number of methoxy groups -OCH3 is 3. The Hall–Kier alpha value is -2.12. The van der Waals surface area contributed by atoms with E-state index in [9.17, 15) is 4.79 Å². The Kier molecular flexibility index (Phi) is 7.21. The van der Waals surface area contributed by atoms with E-state index in [0.29, 0.717) is 21.4 Å². The Morgan fingerprint density at radius 3 is 2.60 bits per heavy atom. The fourth-order valence-electron chi connectivity index (χ4n) is 2.30. The summed E-state index contributed by atoms with van der Waals surface area (Å²) in [6.07, 6.45) is 3.27. The number of benzene rings is 1. The van der Waals surface area contributed by atoms with E-state index in [1.807, 2.05) is 18.2 Å². The Morgan fingerprint density at radius 1 is 1.20 bits per heavy atom. The molecular weight excluding hydrogens is 342 g/mol. The van der Waals surface area contributed by atoms with Crippen molar-refractivity contribution in [1.29, 1.82) is 0 Å². The number of thiazole rings is 1. The Morgan fingerprint density at radius 2 is 1.96 bits per heavy atom. The number of carbonyl (C=O) groups is 1. The fourth-order valence-corrected chi connectivity index (χ4v) is 3.11. The molecule has 0 aliphatic rings. The van der Waals surface area contributed by atoms with Crippen molar-refractivity contribution in [3.8, 4) is 22.1 Å². The summed E-state index contributed by atoms with van der Waals surface area (Å²) in [4.78, 5) is 17.0. The third kappa shape index (κ3) is 4.93. The summed E-state index contributed by atoms with van der Waals surface area (Å²) >= 11 is 1.28. The van der Waals surface area contributed by atoms with Crippen molar-refractivity contribution in [2.24, 2.45) is 0 Å². The first-order valence-corrected chi connectivity index (χ1v) is 8.82. The van der Waals surface area contributed by atoms with E-state index >= 15 is 0 Å². The van der Waals surface area contributed by atoms with E-state index in [2.05, 4.69) is 11.9 Å². The molecule has 2 aromatic rings. The lowest BCUT2D eigenvalue weighted by Gasteiger charge is -2.13. The van der Waals surface area contributed by atoms with Crippen molar-refractivity contribution in [3.05, 3.63) is 29.3 Å². The highest BCUT2D eigenvalue weighted by atomic mass is 32.1. The van der Waals surface area contributed by atoms with Gasteiger partial charge in [-0.25, -0.2) is 9.78 Å². The van der Waals surface area contributed by atoms with Crippen molar-refractivity contribution in [1.82, 2.24) is 4.98 Å². The number of esters is 1. The van der Waals surface area contributed by atoms with Gasteiger partial charge in [0, 0.05) is 12.7 Å². The standard InChI is InChI=1S/C18H23NO5S/c1-5-6-13(21-2)11-24-18(20)16-10-19-17(25-16)12-7-8-14(22-3)15(9-12)23-4/h7-10,13H,5-6,11H2,1-4H3. The lowest BCUT2D eigenvalue weighted by molar-refractivity contribution is 0.00816. The maximum absolute atomic E-state index is 12.2. The summed E-state index contributed by atoms with van der Waals surface area (Å²) in [6, 6.07) is 5.51. The second-order valence-electron chi connectivity index (χ2n) is 5.34. The molecule has 0 fully saturated rings. The highest BCUT2D eigenvalue weighted by Gasteiger charge is 2.16. The van der Waals surface area contributed by atoms with Gasteiger partial charge in [-0.3, -0.25) is 0 Å². The molecule has 0 radical (unpaired) electrons. The first kappa shape index (κ1) is 19.2. The summed E-state index contributed by atoms with van der Waals surface area (Å²) in [5.41, 5.74) is 0.849. The topological polar surface area (TPSA) is 66.9 Å². The number of aromatic nitrogens is 1. The number of ether oxygens (including phenoxy) is 4. The largest absolute Gasteiger partial charge is 0.493 e. The number of hydrogen-bond donors (Lipinski definition) is 0. The quantitative estimate of drug-likeness (QED) is 0.630. The van der Waals surface area contributed by atoms with Gasteiger partial charge >= 0.3 is 5.97 Å². The Bertz CT molecular complexity index is 701. The molecule has 0 N–H and O–H groups in total. The molecule has 7 heteroatoms. The summed E-state index contributed by atoms with van der Waals surface area (Å²) in [7, 11) is 4.78. The molecule has 0 spiro atoms. The predicted molar refractivity (Wildman–Crippen MR) is 96.6 cm³/mol. The number of hydrogen-bond acceptors (Lipinski definition) is 7. The van der Waals surface area contributed by atoms with Crippen molar-refractivity contribution < 1.29 is 23.7 Å². The minimum atomic E-state index is -0.387. The molecule has 25 heavy (non-hydrogen) atoms. The normalized spacial score (nSPS) is 11.8. The molecule has 2 rings (SSSR count). The fraction of sp³-hybridized carbons (Fsp3) is 0.444. The van der Waals surface area contributed by atoms with Crippen LogP contribution >= 0.6 is 11.3 Å². The van der Waals surface area contributed by atoms with E-state index in [4.69, 9.17) is 18.9 Å². The molecule has 1 heterocycles. The maximum Gasteiger partial charge on any atom is 0.350 e. The van der Waals surface area contributed by atoms with Crippen LogP contribution in [0, 0.1) is 0 Å². The van der Waals surface area contributed by atoms with Gasteiger partial charge in [-0.1, -0.05) is 13.3 Å². The van der Waals surface area contributed by atoms with E-state index in [1.165, 1.54) is 17.5 Å². The second-order valence-corrected chi connectivity index (χ2v) is 6.37. The van der Waals surface area contributed by atoms with Gasteiger partial charge in [0.2, 0.25) is 0 Å². The summed E-state index contributed by atoms with van der Waals surface area (Å²) in [5, 5.41) is 0.713.